The van der Waals surface area contributed by atoms with Crippen LogP contribution >= 0.6 is 0 Å². The van der Waals surface area contributed by atoms with Gasteiger partial charge >= 0.3 is 6.03 Å². The minimum atomic E-state index is -0.261. The molecule has 0 bridgehead atoms. The summed E-state index contributed by atoms with van der Waals surface area (Å²) in [6.07, 6.45) is 2.52. The van der Waals surface area contributed by atoms with Gasteiger partial charge in [0.2, 0.25) is 0 Å². The molecule has 0 fully saturated rings. The molecule has 1 aromatic heterocycles. The van der Waals surface area contributed by atoms with E-state index in [-0.39, 0.29) is 12.1 Å². The smallest absolute Gasteiger partial charge is 0.319 e. The normalized spacial score (nSPS) is 11.8. The molecule has 7 heteroatoms. The Hall–Kier alpha value is -3.22. The lowest BCUT2D eigenvalue weighted by molar-refractivity contribution is 0.249. The zero-order valence-electron chi connectivity index (χ0n) is 15.1. The van der Waals surface area contributed by atoms with Crippen LogP contribution in [0.15, 0.2) is 48.8 Å². The van der Waals surface area contributed by atoms with Crippen LogP contribution in [0.1, 0.15) is 36.6 Å². The number of rotatable bonds is 5. The monoisotopic (exact) mass is 350 g/mol. The van der Waals surface area contributed by atoms with Crippen LogP contribution in [0.4, 0.5) is 10.5 Å². The highest BCUT2D eigenvalue weighted by molar-refractivity contribution is 5.89. The number of hydrogen-bond donors (Lipinski definition) is 2. The first-order valence-corrected chi connectivity index (χ1v) is 8.57. The van der Waals surface area contributed by atoms with Gasteiger partial charge in [0.25, 0.3) is 0 Å². The number of hydrogen-bond acceptors (Lipinski definition) is 4. The summed E-state index contributed by atoms with van der Waals surface area (Å²) in [4.78, 5) is 12.3. The van der Waals surface area contributed by atoms with E-state index < -0.39 is 0 Å². The molecule has 0 saturated carbocycles. The highest BCUT2D eigenvalue weighted by Crippen LogP contribution is 2.19. The number of tetrazole rings is 1. The van der Waals surface area contributed by atoms with Gasteiger partial charge < -0.3 is 10.6 Å². The van der Waals surface area contributed by atoms with E-state index in [2.05, 4.69) is 45.2 Å². The summed E-state index contributed by atoms with van der Waals surface area (Å²) in [6, 6.07) is 13.5. The lowest BCUT2D eigenvalue weighted by Crippen LogP contribution is -2.31. The molecule has 0 aliphatic rings. The van der Waals surface area contributed by atoms with Crippen LogP contribution in [-0.2, 0) is 6.42 Å². The van der Waals surface area contributed by atoms with Crippen molar-refractivity contribution in [1.29, 1.82) is 0 Å². The Morgan fingerprint density at radius 2 is 1.96 bits per heavy atom. The van der Waals surface area contributed by atoms with E-state index in [0.717, 1.165) is 23.2 Å². The Balaban J connectivity index is 1.67. The average molecular weight is 350 g/mol. The SMILES string of the molecule is CCc1ccc(C(C)NC(=O)Nc2ccc(C)c(-n3cnnn3)c2)cc1. The first-order valence-electron chi connectivity index (χ1n) is 8.57. The molecule has 2 aromatic carbocycles. The number of aryl methyl sites for hydroxylation is 2. The summed E-state index contributed by atoms with van der Waals surface area (Å²) in [5.74, 6) is 0. The quantitative estimate of drug-likeness (QED) is 0.738. The number of aromatic nitrogens is 4. The van der Waals surface area contributed by atoms with Gasteiger partial charge in [-0.05, 0) is 59.5 Å². The van der Waals surface area contributed by atoms with E-state index in [1.807, 2.05) is 44.2 Å². The molecule has 2 amide bonds. The van der Waals surface area contributed by atoms with E-state index in [9.17, 15) is 4.79 Å². The van der Waals surface area contributed by atoms with Crippen molar-refractivity contribution in [3.05, 3.63) is 65.5 Å². The van der Waals surface area contributed by atoms with Crippen molar-refractivity contribution in [2.75, 3.05) is 5.32 Å². The van der Waals surface area contributed by atoms with Crippen molar-refractivity contribution < 1.29 is 4.79 Å². The van der Waals surface area contributed by atoms with Gasteiger partial charge in [-0.2, -0.15) is 0 Å². The zero-order chi connectivity index (χ0) is 18.5. The minimum absolute atomic E-state index is 0.0923. The molecule has 1 atom stereocenters. The van der Waals surface area contributed by atoms with Crippen molar-refractivity contribution in [2.24, 2.45) is 0 Å². The average Bonchev–Trinajstić information content (AvgIpc) is 3.17. The maximum absolute atomic E-state index is 12.3. The molecule has 7 nitrogen and oxygen atoms in total. The van der Waals surface area contributed by atoms with Crippen LogP contribution in [0.2, 0.25) is 0 Å². The Labute approximate surface area is 152 Å². The van der Waals surface area contributed by atoms with Crippen LogP contribution in [0.5, 0.6) is 0 Å². The fourth-order valence-corrected chi connectivity index (χ4v) is 2.69. The van der Waals surface area contributed by atoms with Crippen molar-refractivity contribution in [3.8, 4) is 5.69 Å². The molecule has 1 unspecified atom stereocenters. The van der Waals surface area contributed by atoms with Crippen molar-refractivity contribution in [2.45, 2.75) is 33.2 Å². The van der Waals surface area contributed by atoms with Gasteiger partial charge in [0, 0.05) is 5.69 Å². The van der Waals surface area contributed by atoms with E-state index in [1.165, 1.54) is 11.9 Å². The van der Waals surface area contributed by atoms with Gasteiger partial charge in [-0.15, -0.1) is 5.10 Å². The van der Waals surface area contributed by atoms with Gasteiger partial charge in [0.1, 0.15) is 6.33 Å². The number of carbonyl (C=O) groups excluding carboxylic acids is 1. The Morgan fingerprint density at radius 3 is 2.62 bits per heavy atom. The maximum atomic E-state index is 12.3. The number of carbonyl (C=O) groups is 1. The predicted octanol–water partition coefficient (Wildman–Crippen LogP) is 3.42. The van der Waals surface area contributed by atoms with Crippen LogP contribution in [0, 0.1) is 6.92 Å². The van der Waals surface area contributed by atoms with Crippen LogP contribution < -0.4 is 10.6 Å². The summed E-state index contributed by atoms with van der Waals surface area (Å²) in [5, 5.41) is 17.0. The Morgan fingerprint density at radius 1 is 1.19 bits per heavy atom. The second kappa shape index (κ2) is 7.77. The van der Waals surface area contributed by atoms with Crippen LogP contribution in [0.25, 0.3) is 5.69 Å². The summed E-state index contributed by atoms with van der Waals surface area (Å²) in [7, 11) is 0. The van der Waals surface area contributed by atoms with Gasteiger partial charge in [0.05, 0.1) is 11.7 Å². The molecular formula is C19H22N6O. The third-order valence-electron chi connectivity index (χ3n) is 4.30. The van der Waals surface area contributed by atoms with Crippen LogP contribution in [0.3, 0.4) is 0 Å². The lowest BCUT2D eigenvalue weighted by atomic mass is 10.1. The first kappa shape index (κ1) is 17.6. The number of amides is 2. The molecule has 0 radical (unpaired) electrons. The summed E-state index contributed by atoms with van der Waals surface area (Å²) >= 11 is 0. The minimum Gasteiger partial charge on any atom is -0.331 e. The molecule has 0 aliphatic carbocycles. The van der Waals surface area contributed by atoms with Crippen LogP contribution in [-0.4, -0.2) is 26.2 Å². The van der Waals surface area contributed by atoms with Gasteiger partial charge in [-0.1, -0.05) is 37.3 Å². The number of benzene rings is 2. The molecule has 0 aliphatic heterocycles. The third-order valence-corrected chi connectivity index (χ3v) is 4.30. The fourth-order valence-electron chi connectivity index (χ4n) is 2.69. The van der Waals surface area contributed by atoms with Gasteiger partial charge in [0.15, 0.2) is 0 Å². The molecular weight excluding hydrogens is 328 g/mol. The second-order valence-electron chi connectivity index (χ2n) is 6.17. The van der Waals surface area contributed by atoms with Crippen molar-refractivity contribution in [1.82, 2.24) is 25.5 Å². The molecule has 26 heavy (non-hydrogen) atoms. The number of urea groups is 1. The van der Waals surface area contributed by atoms with E-state index in [4.69, 9.17) is 0 Å². The van der Waals surface area contributed by atoms with E-state index in [1.54, 1.807) is 4.68 Å². The van der Waals surface area contributed by atoms with Crippen molar-refractivity contribution in [3.63, 3.8) is 0 Å². The van der Waals surface area contributed by atoms with Gasteiger partial charge in [-0.3, -0.25) is 0 Å². The molecule has 1 heterocycles. The second-order valence-corrected chi connectivity index (χ2v) is 6.17. The highest BCUT2D eigenvalue weighted by atomic mass is 16.2. The highest BCUT2D eigenvalue weighted by Gasteiger charge is 2.11. The number of anilines is 1. The van der Waals surface area contributed by atoms with E-state index in [0.29, 0.717) is 5.69 Å². The summed E-state index contributed by atoms with van der Waals surface area (Å²) < 4.78 is 1.57. The summed E-state index contributed by atoms with van der Waals surface area (Å²) in [5.41, 5.74) is 4.84. The molecule has 0 saturated heterocycles. The first-order chi connectivity index (χ1) is 12.6. The molecule has 0 spiro atoms. The molecule has 3 aromatic rings. The lowest BCUT2D eigenvalue weighted by Gasteiger charge is -2.16. The summed E-state index contributed by atoms with van der Waals surface area (Å²) in [6.45, 7) is 6.04. The standard InChI is InChI=1S/C19H22N6O/c1-4-15-6-8-16(9-7-15)14(3)21-19(26)22-17-10-5-13(2)18(11-17)25-12-20-23-24-25/h5-12,14H,4H2,1-3H3,(H2,21,22,26). The molecule has 2 N–H and O–H groups in total. The molecule has 134 valence electrons. The van der Waals surface area contributed by atoms with Gasteiger partial charge in [-0.25, -0.2) is 9.48 Å². The van der Waals surface area contributed by atoms with Crippen molar-refractivity contribution >= 4 is 11.7 Å². The fraction of sp³-hybridized carbons (Fsp3) is 0.263. The topological polar surface area (TPSA) is 84.7 Å². The number of nitrogens with zero attached hydrogens (tertiary/aromatic N) is 4. The molecule has 3 rings (SSSR count). The Kier molecular flexibility index (Phi) is 5.26. The number of nitrogens with one attached hydrogen (secondary N) is 2. The maximum Gasteiger partial charge on any atom is 0.319 e. The zero-order valence-corrected chi connectivity index (χ0v) is 15.1. The Bertz CT molecular complexity index is 874. The largest absolute Gasteiger partial charge is 0.331 e. The van der Waals surface area contributed by atoms with E-state index >= 15 is 0 Å². The third kappa shape index (κ3) is 4.05. The predicted molar refractivity (Wildman–Crippen MR) is 100 cm³/mol.